The number of hydrogen-bond acceptors (Lipinski definition) is 2. The number of hydrogen-bond donors (Lipinski definition) is 1. The van der Waals surface area contributed by atoms with E-state index in [1.807, 2.05) is 12.1 Å². The van der Waals surface area contributed by atoms with Gasteiger partial charge >= 0.3 is 0 Å². The molecule has 0 bridgehead atoms. The molecule has 1 amide bonds. The van der Waals surface area contributed by atoms with Gasteiger partial charge in [-0.05, 0) is 18.6 Å². The van der Waals surface area contributed by atoms with E-state index in [4.69, 9.17) is 4.74 Å². The van der Waals surface area contributed by atoms with E-state index >= 15 is 0 Å². The normalized spacial score (nSPS) is 9.73. The quantitative estimate of drug-likeness (QED) is 0.752. The summed E-state index contributed by atoms with van der Waals surface area (Å²) in [4.78, 5) is 11.7. The first-order valence-electron chi connectivity index (χ1n) is 5.20. The number of nitrogens with one attached hydrogen (secondary N) is 1. The zero-order valence-electron chi connectivity index (χ0n) is 9.25. The first kappa shape index (κ1) is 11.6. The van der Waals surface area contributed by atoms with Crippen molar-refractivity contribution in [2.24, 2.45) is 0 Å². The molecule has 1 rings (SSSR count). The minimum absolute atomic E-state index is 0.0686. The van der Waals surface area contributed by atoms with Crippen LogP contribution in [-0.2, 0) is 0 Å². The Bertz CT molecular complexity index is 323. The molecule has 3 nitrogen and oxygen atoms in total. The Morgan fingerprint density at radius 2 is 2.13 bits per heavy atom. The van der Waals surface area contributed by atoms with Gasteiger partial charge in [-0.3, -0.25) is 4.79 Å². The molecule has 0 radical (unpaired) electrons. The summed E-state index contributed by atoms with van der Waals surface area (Å²) in [6.45, 7) is 2.81. The Hall–Kier alpha value is -1.51. The van der Waals surface area contributed by atoms with Crippen LogP contribution in [0.2, 0.25) is 0 Å². The smallest absolute Gasteiger partial charge is 0.255 e. The lowest BCUT2D eigenvalue weighted by molar-refractivity contribution is 0.0950. The van der Waals surface area contributed by atoms with Crippen molar-refractivity contribution in [2.75, 3.05) is 13.7 Å². The number of benzene rings is 1. The third kappa shape index (κ3) is 3.27. The minimum Gasteiger partial charge on any atom is -0.496 e. The maximum atomic E-state index is 11.7. The average Bonchev–Trinajstić information content (AvgIpc) is 2.29. The molecule has 0 aromatic heterocycles. The van der Waals surface area contributed by atoms with Gasteiger partial charge in [-0.2, -0.15) is 0 Å². The minimum atomic E-state index is -0.0686. The number of methoxy groups -OCH3 is 1. The van der Waals surface area contributed by atoms with Crippen molar-refractivity contribution in [1.82, 2.24) is 5.32 Å². The summed E-state index contributed by atoms with van der Waals surface area (Å²) in [6, 6.07) is 7.23. The molecule has 0 saturated carbocycles. The van der Waals surface area contributed by atoms with Crippen LogP contribution in [-0.4, -0.2) is 19.6 Å². The van der Waals surface area contributed by atoms with Gasteiger partial charge in [-0.1, -0.05) is 25.5 Å². The Morgan fingerprint density at radius 1 is 1.40 bits per heavy atom. The molecular formula is C12H17NO2. The Labute approximate surface area is 90.4 Å². The van der Waals surface area contributed by atoms with Gasteiger partial charge < -0.3 is 10.1 Å². The van der Waals surface area contributed by atoms with E-state index in [1.165, 1.54) is 0 Å². The van der Waals surface area contributed by atoms with Crippen LogP contribution in [0.15, 0.2) is 24.3 Å². The van der Waals surface area contributed by atoms with Gasteiger partial charge in [-0.15, -0.1) is 0 Å². The number of carbonyl (C=O) groups excluding carboxylic acids is 1. The fourth-order valence-electron chi connectivity index (χ4n) is 1.31. The lowest BCUT2D eigenvalue weighted by atomic mass is 10.2. The molecule has 0 aliphatic heterocycles. The van der Waals surface area contributed by atoms with Crippen LogP contribution in [0.25, 0.3) is 0 Å². The maximum Gasteiger partial charge on any atom is 0.255 e. The predicted octanol–water partition coefficient (Wildman–Crippen LogP) is 2.23. The third-order valence-electron chi connectivity index (χ3n) is 2.17. The Balaban J connectivity index is 2.64. The molecule has 0 saturated heterocycles. The molecule has 0 heterocycles. The topological polar surface area (TPSA) is 38.3 Å². The van der Waals surface area contributed by atoms with Crippen LogP contribution in [0.3, 0.4) is 0 Å². The SMILES string of the molecule is CCCCNC(=O)c1ccccc1OC. The van der Waals surface area contributed by atoms with Crippen LogP contribution in [0, 0.1) is 0 Å². The predicted molar refractivity (Wildman–Crippen MR) is 60.2 cm³/mol. The summed E-state index contributed by atoms with van der Waals surface area (Å²) in [5.74, 6) is 0.549. The second-order valence-electron chi connectivity index (χ2n) is 3.31. The van der Waals surface area contributed by atoms with Gasteiger partial charge in [0.2, 0.25) is 0 Å². The van der Waals surface area contributed by atoms with Gasteiger partial charge in [0.1, 0.15) is 5.75 Å². The highest BCUT2D eigenvalue weighted by Crippen LogP contribution is 2.16. The molecule has 1 N–H and O–H groups in total. The van der Waals surface area contributed by atoms with Gasteiger partial charge in [-0.25, -0.2) is 0 Å². The molecule has 0 unspecified atom stereocenters. The van der Waals surface area contributed by atoms with Crippen molar-refractivity contribution in [3.05, 3.63) is 29.8 Å². The summed E-state index contributed by atoms with van der Waals surface area (Å²) in [7, 11) is 1.57. The van der Waals surface area contributed by atoms with Crippen molar-refractivity contribution in [1.29, 1.82) is 0 Å². The molecule has 82 valence electrons. The van der Waals surface area contributed by atoms with Crippen LogP contribution >= 0.6 is 0 Å². The van der Waals surface area contributed by atoms with E-state index in [2.05, 4.69) is 12.2 Å². The lowest BCUT2D eigenvalue weighted by Crippen LogP contribution is -2.24. The highest BCUT2D eigenvalue weighted by molar-refractivity contribution is 5.96. The number of carbonyl (C=O) groups is 1. The lowest BCUT2D eigenvalue weighted by Gasteiger charge is -2.08. The molecule has 1 aromatic carbocycles. The fourth-order valence-corrected chi connectivity index (χ4v) is 1.31. The highest BCUT2D eigenvalue weighted by atomic mass is 16.5. The van der Waals surface area contributed by atoms with E-state index in [0.29, 0.717) is 17.9 Å². The van der Waals surface area contributed by atoms with E-state index in [9.17, 15) is 4.79 Å². The fraction of sp³-hybridized carbons (Fsp3) is 0.417. The van der Waals surface area contributed by atoms with Gasteiger partial charge in [0.15, 0.2) is 0 Å². The van der Waals surface area contributed by atoms with E-state index in [-0.39, 0.29) is 5.91 Å². The summed E-state index contributed by atoms with van der Waals surface area (Å²) in [5, 5.41) is 2.86. The monoisotopic (exact) mass is 207 g/mol. The summed E-state index contributed by atoms with van der Waals surface area (Å²) >= 11 is 0. The third-order valence-corrected chi connectivity index (χ3v) is 2.17. The number of ether oxygens (including phenoxy) is 1. The highest BCUT2D eigenvalue weighted by Gasteiger charge is 2.09. The van der Waals surface area contributed by atoms with Crippen molar-refractivity contribution >= 4 is 5.91 Å². The second kappa shape index (κ2) is 6.06. The van der Waals surface area contributed by atoms with Crippen molar-refractivity contribution in [3.63, 3.8) is 0 Å². The van der Waals surface area contributed by atoms with Crippen molar-refractivity contribution in [3.8, 4) is 5.75 Å². The van der Waals surface area contributed by atoms with Gasteiger partial charge in [0, 0.05) is 6.54 Å². The van der Waals surface area contributed by atoms with Gasteiger partial charge in [0.05, 0.1) is 12.7 Å². The number of unbranched alkanes of at least 4 members (excludes halogenated alkanes) is 1. The standard InChI is InChI=1S/C12H17NO2/c1-3-4-9-13-12(14)10-7-5-6-8-11(10)15-2/h5-8H,3-4,9H2,1-2H3,(H,13,14). The van der Waals surface area contributed by atoms with Crippen LogP contribution in [0.4, 0.5) is 0 Å². The zero-order chi connectivity index (χ0) is 11.1. The maximum absolute atomic E-state index is 11.7. The molecule has 0 atom stereocenters. The molecule has 0 aliphatic carbocycles. The van der Waals surface area contributed by atoms with E-state index in [1.54, 1.807) is 19.2 Å². The van der Waals surface area contributed by atoms with Gasteiger partial charge in [0.25, 0.3) is 5.91 Å². The van der Waals surface area contributed by atoms with E-state index < -0.39 is 0 Å². The second-order valence-corrected chi connectivity index (χ2v) is 3.31. The Kier molecular flexibility index (Phi) is 4.68. The summed E-state index contributed by atoms with van der Waals surface area (Å²) in [6.07, 6.45) is 2.08. The first-order chi connectivity index (χ1) is 7.29. The Morgan fingerprint density at radius 3 is 2.80 bits per heavy atom. The van der Waals surface area contributed by atoms with Crippen molar-refractivity contribution in [2.45, 2.75) is 19.8 Å². The molecule has 0 fully saturated rings. The molecule has 15 heavy (non-hydrogen) atoms. The molecule has 1 aromatic rings. The number of para-hydroxylation sites is 1. The zero-order valence-corrected chi connectivity index (χ0v) is 9.25. The van der Waals surface area contributed by atoms with Crippen LogP contribution < -0.4 is 10.1 Å². The first-order valence-corrected chi connectivity index (χ1v) is 5.20. The molecule has 0 aliphatic rings. The average molecular weight is 207 g/mol. The molecular weight excluding hydrogens is 190 g/mol. The summed E-state index contributed by atoms with van der Waals surface area (Å²) < 4.78 is 5.11. The van der Waals surface area contributed by atoms with E-state index in [0.717, 1.165) is 12.8 Å². The largest absolute Gasteiger partial charge is 0.496 e. The van der Waals surface area contributed by atoms with Crippen LogP contribution in [0.1, 0.15) is 30.1 Å². The van der Waals surface area contributed by atoms with Crippen LogP contribution in [0.5, 0.6) is 5.75 Å². The molecule has 0 spiro atoms. The number of rotatable bonds is 5. The van der Waals surface area contributed by atoms with Crippen molar-refractivity contribution < 1.29 is 9.53 Å². The summed E-state index contributed by atoms with van der Waals surface area (Å²) in [5.41, 5.74) is 0.594. The number of amides is 1. The molecule has 3 heteroatoms.